The van der Waals surface area contributed by atoms with E-state index in [0.29, 0.717) is 12.3 Å². The Kier molecular flexibility index (Phi) is 5.42. The summed E-state index contributed by atoms with van der Waals surface area (Å²) in [5.41, 5.74) is 2.56. The molecule has 1 aliphatic heterocycles. The van der Waals surface area contributed by atoms with Gasteiger partial charge in [-0.25, -0.2) is 0 Å². The SMILES string of the molecule is O=C(CCC1CCNC1)Nc1ccc(Sc2nncs2)cc1. The van der Waals surface area contributed by atoms with E-state index >= 15 is 0 Å². The van der Waals surface area contributed by atoms with Crippen LogP contribution in [0, 0.1) is 5.92 Å². The van der Waals surface area contributed by atoms with Crippen LogP contribution in [0.25, 0.3) is 0 Å². The second-order valence-corrected chi connectivity index (χ2v) is 7.43. The molecule has 0 bridgehead atoms. The predicted molar refractivity (Wildman–Crippen MR) is 89.3 cm³/mol. The van der Waals surface area contributed by atoms with E-state index in [-0.39, 0.29) is 5.91 Å². The summed E-state index contributed by atoms with van der Waals surface area (Å²) in [6.07, 6.45) is 2.74. The van der Waals surface area contributed by atoms with Crippen LogP contribution in [0.2, 0.25) is 0 Å². The molecule has 116 valence electrons. The van der Waals surface area contributed by atoms with Crippen LogP contribution in [-0.2, 0) is 4.79 Å². The maximum Gasteiger partial charge on any atom is 0.224 e. The molecule has 2 N–H and O–H groups in total. The van der Waals surface area contributed by atoms with E-state index in [0.717, 1.165) is 34.4 Å². The molecule has 22 heavy (non-hydrogen) atoms. The number of nitrogens with zero attached hydrogens (tertiary/aromatic N) is 2. The number of nitrogens with one attached hydrogen (secondary N) is 2. The lowest BCUT2D eigenvalue weighted by molar-refractivity contribution is -0.116. The Labute approximate surface area is 137 Å². The van der Waals surface area contributed by atoms with Gasteiger partial charge in [0.1, 0.15) is 5.51 Å². The van der Waals surface area contributed by atoms with Gasteiger partial charge in [-0.3, -0.25) is 4.79 Å². The van der Waals surface area contributed by atoms with Crippen LogP contribution in [0.3, 0.4) is 0 Å². The molecular weight excluding hydrogens is 316 g/mol. The van der Waals surface area contributed by atoms with Gasteiger partial charge in [0.05, 0.1) is 0 Å². The lowest BCUT2D eigenvalue weighted by Crippen LogP contribution is -2.14. The van der Waals surface area contributed by atoms with E-state index in [1.165, 1.54) is 17.8 Å². The van der Waals surface area contributed by atoms with Crippen molar-refractivity contribution in [2.75, 3.05) is 18.4 Å². The number of carbonyl (C=O) groups excluding carboxylic acids is 1. The molecule has 1 unspecified atom stereocenters. The van der Waals surface area contributed by atoms with Gasteiger partial charge in [-0.05, 0) is 56.1 Å². The number of amides is 1. The largest absolute Gasteiger partial charge is 0.326 e. The van der Waals surface area contributed by atoms with Crippen molar-refractivity contribution in [3.63, 3.8) is 0 Å². The Morgan fingerprint density at radius 3 is 2.95 bits per heavy atom. The molecule has 1 aromatic heterocycles. The average Bonchev–Trinajstić information content (AvgIpc) is 3.20. The maximum absolute atomic E-state index is 12.0. The van der Waals surface area contributed by atoms with Gasteiger partial charge < -0.3 is 10.6 Å². The summed E-state index contributed by atoms with van der Waals surface area (Å²) in [7, 11) is 0. The van der Waals surface area contributed by atoms with Crippen LogP contribution in [0.1, 0.15) is 19.3 Å². The first-order valence-corrected chi connectivity index (χ1v) is 9.04. The van der Waals surface area contributed by atoms with Crippen LogP contribution >= 0.6 is 23.1 Å². The highest BCUT2D eigenvalue weighted by molar-refractivity contribution is 8.01. The molecule has 0 saturated carbocycles. The van der Waals surface area contributed by atoms with Crippen molar-refractivity contribution < 1.29 is 4.79 Å². The van der Waals surface area contributed by atoms with Crippen LogP contribution in [0.15, 0.2) is 39.0 Å². The number of carbonyl (C=O) groups is 1. The number of hydrogen-bond donors (Lipinski definition) is 2. The summed E-state index contributed by atoms with van der Waals surface area (Å²) >= 11 is 3.09. The van der Waals surface area contributed by atoms with Crippen LogP contribution in [-0.4, -0.2) is 29.2 Å². The monoisotopic (exact) mass is 334 g/mol. The first kappa shape index (κ1) is 15.5. The van der Waals surface area contributed by atoms with Gasteiger partial charge in [0, 0.05) is 17.0 Å². The number of hydrogen-bond acceptors (Lipinski definition) is 6. The fourth-order valence-corrected chi connectivity index (χ4v) is 3.88. The molecule has 2 heterocycles. The Balaban J connectivity index is 1.46. The molecule has 1 saturated heterocycles. The van der Waals surface area contributed by atoms with E-state index in [1.807, 2.05) is 24.3 Å². The predicted octanol–water partition coefficient (Wildman–Crippen LogP) is 3.02. The average molecular weight is 334 g/mol. The second kappa shape index (κ2) is 7.71. The zero-order valence-corrected chi connectivity index (χ0v) is 13.8. The standard InChI is InChI=1S/C15H18N4OS2/c20-14(6-1-11-7-8-16-9-11)18-12-2-4-13(5-3-12)22-15-19-17-10-21-15/h2-5,10-11,16H,1,6-9H2,(H,18,20). The molecule has 1 aromatic carbocycles. The van der Waals surface area contributed by atoms with Gasteiger partial charge in [0.2, 0.25) is 5.91 Å². The highest BCUT2D eigenvalue weighted by Crippen LogP contribution is 2.29. The summed E-state index contributed by atoms with van der Waals surface area (Å²) in [6, 6.07) is 7.84. The van der Waals surface area contributed by atoms with E-state index in [2.05, 4.69) is 20.8 Å². The Hall–Kier alpha value is -1.44. The van der Waals surface area contributed by atoms with Crippen LogP contribution < -0.4 is 10.6 Å². The van der Waals surface area contributed by atoms with Crippen LogP contribution in [0.4, 0.5) is 5.69 Å². The van der Waals surface area contributed by atoms with Crippen molar-refractivity contribution in [2.24, 2.45) is 5.92 Å². The molecule has 0 aliphatic carbocycles. The molecule has 1 aliphatic rings. The van der Waals surface area contributed by atoms with Gasteiger partial charge in [-0.2, -0.15) is 0 Å². The Bertz CT molecular complexity index is 595. The molecule has 1 fully saturated rings. The summed E-state index contributed by atoms with van der Waals surface area (Å²) in [4.78, 5) is 13.0. The highest BCUT2D eigenvalue weighted by atomic mass is 32.2. The highest BCUT2D eigenvalue weighted by Gasteiger charge is 2.15. The first-order chi connectivity index (χ1) is 10.8. The van der Waals surface area contributed by atoms with E-state index in [4.69, 9.17) is 0 Å². The molecule has 0 spiro atoms. The van der Waals surface area contributed by atoms with Crippen LogP contribution in [0.5, 0.6) is 0 Å². The van der Waals surface area contributed by atoms with Crippen molar-refractivity contribution in [3.8, 4) is 0 Å². The topological polar surface area (TPSA) is 66.9 Å². The quantitative estimate of drug-likeness (QED) is 0.850. The molecule has 1 atom stereocenters. The third kappa shape index (κ3) is 4.53. The normalized spacial score (nSPS) is 17.5. The second-order valence-electron chi connectivity index (χ2n) is 5.28. The smallest absolute Gasteiger partial charge is 0.224 e. The molecule has 0 radical (unpaired) electrons. The maximum atomic E-state index is 12.0. The molecule has 5 nitrogen and oxygen atoms in total. The lowest BCUT2D eigenvalue weighted by atomic mass is 10.0. The minimum atomic E-state index is 0.0939. The number of benzene rings is 1. The molecule has 2 aromatic rings. The fourth-order valence-electron chi connectivity index (χ4n) is 2.43. The minimum Gasteiger partial charge on any atom is -0.326 e. The van der Waals surface area contributed by atoms with Crippen molar-refractivity contribution in [2.45, 2.75) is 28.5 Å². The molecular formula is C15H18N4OS2. The third-order valence-electron chi connectivity index (χ3n) is 3.63. The Morgan fingerprint density at radius 1 is 1.41 bits per heavy atom. The van der Waals surface area contributed by atoms with Gasteiger partial charge in [-0.15, -0.1) is 10.2 Å². The molecule has 7 heteroatoms. The fraction of sp³-hybridized carbons (Fsp3) is 0.400. The van der Waals surface area contributed by atoms with E-state index in [1.54, 1.807) is 17.3 Å². The van der Waals surface area contributed by atoms with Gasteiger partial charge >= 0.3 is 0 Å². The first-order valence-electron chi connectivity index (χ1n) is 7.34. The summed E-state index contributed by atoms with van der Waals surface area (Å²) in [5.74, 6) is 0.743. The Morgan fingerprint density at radius 2 is 2.27 bits per heavy atom. The summed E-state index contributed by atoms with van der Waals surface area (Å²) < 4.78 is 0.918. The van der Waals surface area contributed by atoms with Crippen molar-refractivity contribution >= 4 is 34.7 Å². The van der Waals surface area contributed by atoms with Gasteiger partial charge in [0.15, 0.2) is 4.34 Å². The van der Waals surface area contributed by atoms with Crippen molar-refractivity contribution in [1.82, 2.24) is 15.5 Å². The third-order valence-corrected chi connectivity index (χ3v) is 5.41. The minimum absolute atomic E-state index is 0.0939. The molecule has 1 amide bonds. The molecule has 3 rings (SSSR count). The summed E-state index contributed by atoms with van der Waals surface area (Å²) in [6.45, 7) is 2.13. The lowest BCUT2D eigenvalue weighted by Gasteiger charge is -2.09. The van der Waals surface area contributed by atoms with Crippen molar-refractivity contribution in [1.29, 1.82) is 0 Å². The van der Waals surface area contributed by atoms with Gasteiger partial charge in [-0.1, -0.05) is 23.1 Å². The zero-order chi connectivity index (χ0) is 15.2. The van der Waals surface area contributed by atoms with Crippen molar-refractivity contribution in [3.05, 3.63) is 29.8 Å². The van der Waals surface area contributed by atoms with Gasteiger partial charge in [0.25, 0.3) is 0 Å². The van der Waals surface area contributed by atoms with E-state index < -0.39 is 0 Å². The number of rotatable bonds is 6. The zero-order valence-electron chi connectivity index (χ0n) is 12.1. The summed E-state index contributed by atoms with van der Waals surface area (Å²) in [5, 5.41) is 14.1. The number of aromatic nitrogens is 2. The van der Waals surface area contributed by atoms with E-state index in [9.17, 15) is 4.79 Å². The number of anilines is 1.